The van der Waals surface area contributed by atoms with Crippen molar-refractivity contribution in [1.29, 1.82) is 0 Å². The summed E-state index contributed by atoms with van der Waals surface area (Å²) in [6.07, 6.45) is 4.28. The van der Waals surface area contributed by atoms with E-state index in [9.17, 15) is 4.79 Å². The minimum Gasteiger partial charge on any atom is -0.494 e. The maximum absolute atomic E-state index is 12.2. The number of hydrogen-bond acceptors (Lipinski definition) is 5. The summed E-state index contributed by atoms with van der Waals surface area (Å²) < 4.78 is 23.2. The molecule has 29 heavy (non-hydrogen) atoms. The van der Waals surface area contributed by atoms with Gasteiger partial charge in [-0.25, -0.2) is 4.79 Å². The molecule has 0 aliphatic carbocycles. The molecule has 0 aromatic heterocycles. The van der Waals surface area contributed by atoms with Crippen molar-refractivity contribution in [2.24, 2.45) is 0 Å². The second kappa shape index (κ2) is 9.96. The first-order valence-electron chi connectivity index (χ1n) is 10.1. The van der Waals surface area contributed by atoms with Gasteiger partial charge in [0.2, 0.25) is 0 Å². The Balaban J connectivity index is 1.50. The van der Waals surface area contributed by atoms with Gasteiger partial charge in [-0.05, 0) is 62.9 Å². The number of halogens is 1. The van der Waals surface area contributed by atoms with Gasteiger partial charge in [0, 0.05) is 24.0 Å². The number of ether oxygens (including phenoxy) is 4. The number of amides is 1. The molecule has 0 saturated carbocycles. The van der Waals surface area contributed by atoms with Crippen molar-refractivity contribution in [2.45, 2.75) is 51.9 Å². The van der Waals surface area contributed by atoms with Crippen LogP contribution in [-0.4, -0.2) is 55.8 Å². The van der Waals surface area contributed by atoms with Crippen LogP contribution < -0.4 is 4.74 Å². The van der Waals surface area contributed by atoms with Crippen LogP contribution in [-0.2, 0) is 14.2 Å². The highest BCUT2D eigenvalue weighted by Crippen LogP contribution is 2.32. The molecule has 1 amide bonds. The lowest BCUT2D eigenvalue weighted by molar-refractivity contribution is -0.0493. The van der Waals surface area contributed by atoms with Gasteiger partial charge in [0.1, 0.15) is 11.4 Å². The van der Waals surface area contributed by atoms with E-state index in [0.717, 1.165) is 35.0 Å². The average molecular weight is 468 g/mol. The highest BCUT2D eigenvalue weighted by molar-refractivity contribution is 9.10. The van der Waals surface area contributed by atoms with Crippen molar-refractivity contribution >= 4 is 27.6 Å². The number of nitrogens with zero attached hydrogens (tertiary/aromatic N) is 1. The fourth-order valence-electron chi connectivity index (χ4n) is 3.27. The van der Waals surface area contributed by atoms with Gasteiger partial charge in [-0.3, -0.25) is 0 Å². The van der Waals surface area contributed by atoms with Gasteiger partial charge in [-0.1, -0.05) is 22.0 Å². The Morgan fingerprint density at radius 1 is 1.28 bits per heavy atom. The largest absolute Gasteiger partial charge is 0.494 e. The molecule has 7 heteroatoms. The third kappa shape index (κ3) is 6.73. The minimum atomic E-state index is -0.475. The monoisotopic (exact) mass is 467 g/mol. The number of rotatable bonds is 6. The van der Waals surface area contributed by atoms with Gasteiger partial charge in [0.15, 0.2) is 6.29 Å². The van der Waals surface area contributed by atoms with Crippen LogP contribution in [0.1, 0.15) is 45.6 Å². The Morgan fingerprint density at radius 3 is 2.66 bits per heavy atom. The van der Waals surface area contributed by atoms with Crippen molar-refractivity contribution in [3.63, 3.8) is 0 Å². The number of hydrogen-bond donors (Lipinski definition) is 0. The van der Waals surface area contributed by atoms with Crippen LogP contribution in [0.25, 0.3) is 5.57 Å². The van der Waals surface area contributed by atoms with Gasteiger partial charge in [0.25, 0.3) is 0 Å². The maximum Gasteiger partial charge on any atom is 0.410 e. The van der Waals surface area contributed by atoms with Gasteiger partial charge in [0.05, 0.1) is 19.8 Å². The van der Waals surface area contributed by atoms with Gasteiger partial charge in [-0.2, -0.15) is 0 Å². The van der Waals surface area contributed by atoms with E-state index in [1.807, 2.05) is 32.9 Å². The number of carbonyl (C=O) groups excluding carboxylic acids is 1. The summed E-state index contributed by atoms with van der Waals surface area (Å²) in [5.41, 5.74) is 1.88. The quantitative estimate of drug-likeness (QED) is 0.550. The van der Waals surface area contributed by atoms with E-state index in [0.29, 0.717) is 32.9 Å². The van der Waals surface area contributed by atoms with Crippen molar-refractivity contribution in [2.75, 3.05) is 32.9 Å². The molecule has 0 radical (unpaired) electrons. The van der Waals surface area contributed by atoms with Crippen molar-refractivity contribution in [3.05, 3.63) is 34.3 Å². The Bertz CT molecular complexity index is 737. The molecule has 2 heterocycles. The smallest absolute Gasteiger partial charge is 0.410 e. The molecule has 0 spiro atoms. The molecule has 0 N–H and O–H groups in total. The lowest BCUT2D eigenvalue weighted by Gasteiger charge is -2.29. The molecule has 160 valence electrons. The molecule has 0 unspecified atom stereocenters. The van der Waals surface area contributed by atoms with Crippen LogP contribution in [0.15, 0.2) is 28.7 Å². The zero-order valence-electron chi connectivity index (χ0n) is 17.4. The molecule has 1 saturated heterocycles. The summed E-state index contributed by atoms with van der Waals surface area (Å²) in [7, 11) is 0. The van der Waals surface area contributed by atoms with Gasteiger partial charge in [-0.15, -0.1) is 0 Å². The first kappa shape index (κ1) is 22.1. The first-order valence-corrected chi connectivity index (χ1v) is 10.9. The molecule has 1 aromatic rings. The molecule has 2 aliphatic heterocycles. The molecular weight excluding hydrogens is 438 g/mol. The topological polar surface area (TPSA) is 57.2 Å². The van der Waals surface area contributed by atoms with E-state index in [-0.39, 0.29) is 12.4 Å². The van der Waals surface area contributed by atoms with E-state index >= 15 is 0 Å². The standard InChI is InChI=1S/C22H30BrNO5/c1-22(2,3)29-21(25)24-10-8-16(9-11-24)18-7-6-17(15-19(18)23)26-12-4-5-20-27-13-14-28-20/h6-8,15,20H,4-5,9-14H2,1-3H3. The summed E-state index contributed by atoms with van der Waals surface area (Å²) >= 11 is 3.66. The molecule has 0 atom stereocenters. The van der Waals surface area contributed by atoms with Crippen LogP contribution in [0, 0.1) is 0 Å². The van der Waals surface area contributed by atoms with Gasteiger partial charge >= 0.3 is 6.09 Å². The number of carbonyl (C=O) groups is 1. The predicted molar refractivity (Wildman–Crippen MR) is 115 cm³/mol. The van der Waals surface area contributed by atoms with Crippen LogP contribution in [0.4, 0.5) is 4.79 Å². The average Bonchev–Trinajstić information content (AvgIpc) is 3.18. The predicted octanol–water partition coefficient (Wildman–Crippen LogP) is 5.01. The molecule has 3 rings (SSSR count). The zero-order chi connectivity index (χ0) is 20.9. The molecular formula is C22H30BrNO5. The first-order chi connectivity index (χ1) is 13.8. The highest BCUT2D eigenvalue weighted by Gasteiger charge is 2.24. The Hall–Kier alpha value is -1.57. The fourth-order valence-corrected chi connectivity index (χ4v) is 3.88. The third-order valence-electron chi connectivity index (χ3n) is 4.69. The molecule has 2 aliphatic rings. The Morgan fingerprint density at radius 2 is 2.03 bits per heavy atom. The Kier molecular flexibility index (Phi) is 7.60. The molecule has 1 aromatic carbocycles. The van der Waals surface area contributed by atoms with Crippen molar-refractivity contribution in [3.8, 4) is 5.75 Å². The Labute approximate surface area is 181 Å². The van der Waals surface area contributed by atoms with Crippen LogP contribution in [0.3, 0.4) is 0 Å². The van der Waals surface area contributed by atoms with Crippen LogP contribution in [0.5, 0.6) is 5.75 Å². The van der Waals surface area contributed by atoms with E-state index in [1.165, 1.54) is 5.57 Å². The summed E-state index contributed by atoms with van der Waals surface area (Å²) in [4.78, 5) is 13.9. The molecule has 6 nitrogen and oxygen atoms in total. The minimum absolute atomic E-state index is 0.0776. The number of benzene rings is 1. The zero-order valence-corrected chi connectivity index (χ0v) is 19.0. The fraction of sp³-hybridized carbons (Fsp3) is 0.591. The van der Waals surface area contributed by atoms with E-state index in [2.05, 4.69) is 28.1 Å². The normalized spacial score (nSPS) is 17.9. The maximum atomic E-state index is 12.2. The van der Waals surface area contributed by atoms with Crippen molar-refractivity contribution in [1.82, 2.24) is 4.90 Å². The molecule has 0 bridgehead atoms. The van der Waals surface area contributed by atoms with E-state index in [1.54, 1.807) is 4.90 Å². The van der Waals surface area contributed by atoms with Gasteiger partial charge < -0.3 is 23.8 Å². The van der Waals surface area contributed by atoms with Crippen LogP contribution >= 0.6 is 15.9 Å². The summed E-state index contributed by atoms with van der Waals surface area (Å²) in [6, 6.07) is 6.06. The second-order valence-electron chi connectivity index (χ2n) is 8.21. The highest BCUT2D eigenvalue weighted by atomic mass is 79.9. The lowest BCUT2D eigenvalue weighted by atomic mass is 9.99. The van der Waals surface area contributed by atoms with Crippen LogP contribution in [0.2, 0.25) is 0 Å². The van der Waals surface area contributed by atoms with Crippen molar-refractivity contribution < 1.29 is 23.7 Å². The lowest BCUT2D eigenvalue weighted by Crippen LogP contribution is -2.39. The molecule has 1 fully saturated rings. The van der Waals surface area contributed by atoms with E-state index < -0.39 is 5.60 Å². The SMILES string of the molecule is CC(C)(C)OC(=O)N1CC=C(c2ccc(OCCCC3OCCO3)cc2Br)CC1. The third-order valence-corrected chi connectivity index (χ3v) is 5.35. The summed E-state index contributed by atoms with van der Waals surface area (Å²) in [5.74, 6) is 0.834. The van der Waals surface area contributed by atoms with E-state index in [4.69, 9.17) is 18.9 Å². The summed E-state index contributed by atoms with van der Waals surface area (Å²) in [5, 5.41) is 0. The summed E-state index contributed by atoms with van der Waals surface area (Å²) in [6.45, 7) is 8.85. The second-order valence-corrected chi connectivity index (χ2v) is 9.06.